The summed E-state index contributed by atoms with van der Waals surface area (Å²) in [5.41, 5.74) is 5.93. The van der Waals surface area contributed by atoms with Crippen molar-refractivity contribution in [2.75, 3.05) is 13.2 Å². The third-order valence-corrected chi connectivity index (χ3v) is 2.20. The zero-order valence-corrected chi connectivity index (χ0v) is 8.96. The van der Waals surface area contributed by atoms with Crippen molar-refractivity contribution in [1.82, 2.24) is 15.0 Å². The lowest BCUT2D eigenvalue weighted by molar-refractivity contribution is 0.0689. The number of aliphatic hydroxyl groups is 1. The van der Waals surface area contributed by atoms with Crippen LogP contribution in [0.4, 0.5) is 0 Å². The molecule has 0 aliphatic rings. The van der Waals surface area contributed by atoms with E-state index in [-0.39, 0.29) is 12.3 Å². The monoisotopic (exact) mass is 228 g/mol. The van der Waals surface area contributed by atoms with E-state index in [0.29, 0.717) is 31.6 Å². The van der Waals surface area contributed by atoms with Gasteiger partial charge in [0.25, 0.3) is 0 Å². The highest BCUT2D eigenvalue weighted by atomic mass is 16.4. The van der Waals surface area contributed by atoms with Crippen molar-refractivity contribution >= 4 is 5.97 Å². The molecule has 0 unspecified atom stereocenters. The minimum Gasteiger partial charge on any atom is -0.476 e. The Morgan fingerprint density at radius 1 is 1.44 bits per heavy atom. The van der Waals surface area contributed by atoms with E-state index in [0.717, 1.165) is 6.42 Å². The van der Waals surface area contributed by atoms with Gasteiger partial charge in [0, 0.05) is 19.6 Å². The van der Waals surface area contributed by atoms with E-state index in [1.165, 1.54) is 0 Å². The van der Waals surface area contributed by atoms with Gasteiger partial charge in [-0.2, -0.15) is 0 Å². The highest BCUT2D eigenvalue weighted by Crippen LogP contribution is 2.07. The van der Waals surface area contributed by atoms with E-state index in [9.17, 15) is 4.79 Å². The molecule has 0 bridgehead atoms. The molecule has 0 saturated carbocycles. The van der Waals surface area contributed by atoms with Crippen LogP contribution in [0.25, 0.3) is 0 Å². The van der Waals surface area contributed by atoms with Crippen molar-refractivity contribution < 1.29 is 15.0 Å². The molecule has 1 heterocycles. The van der Waals surface area contributed by atoms with E-state index in [2.05, 4.69) is 10.3 Å². The highest BCUT2D eigenvalue weighted by molar-refractivity contribution is 5.86. The summed E-state index contributed by atoms with van der Waals surface area (Å²) < 4.78 is 1.55. The van der Waals surface area contributed by atoms with Gasteiger partial charge in [-0.05, 0) is 19.4 Å². The first kappa shape index (κ1) is 12.6. The first-order valence-corrected chi connectivity index (χ1v) is 5.17. The molecule has 7 nitrogen and oxygen atoms in total. The molecule has 1 aromatic heterocycles. The molecule has 90 valence electrons. The van der Waals surface area contributed by atoms with Crippen LogP contribution >= 0.6 is 0 Å². The van der Waals surface area contributed by atoms with Crippen LogP contribution in [-0.2, 0) is 13.0 Å². The summed E-state index contributed by atoms with van der Waals surface area (Å²) >= 11 is 0. The smallest absolute Gasteiger partial charge is 0.358 e. The maximum atomic E-state index is 10.8. The van der Waals surface area contributed by atoms with Crippen molar-refractivity contribution in [3.05, 3.63) is 11.4 Å². The quantitative estimate of drug-likeness (QED) is 0.529. The summed E-state index contributed by atoms with van der Waals surface area (Å²) in [6.45, 7) is 1.02. The predicted molar refractivity (Wildman–Crippen MR) is 56.1 cm³/mol. The minimum absolute atomic E-state index is 0.0329. The second-order valence-electron chi connectivity index (χ2n) is 3.38. The van der Waals surface area contributed by atoms with Crippen LogP contribution < -0.4 is 5.73 Å². The standard InChI is InChI=1S/C9H16N4O3/c10-4-3-7-8(9(15)16)11-12-13(7)5-1-2-6-14/h14H,1-6,10H2,(H,15,16). The molecule has 0 amide bonds. The van der Waals surface area contributed by atoms with Crippen LogP contribution in [0.5, 0.6) is 0 Å². The zero-order chi connectivity index (χ0) is 12.0. The molecule has 7 heteroatoms. The Morgan fingerprint density at radius 3 is 2.75 bits per heavy atom. The second-order valence-corrected chi connectivity index (χ2v) is 3.38. The summed E-state index contributed by atoms with van der Waals surface area (Å²) in [6, 6.07) is 0. The summed E-state index contributed by atoms with van der Waals surface area (Å²) in [7, 11) is 0. The highest BCUT2D eigenvalue weighted by Gasteiger charge is 2.17. The Kier molecular flexibility index (Phi) is 4.87. The average molecular weight is 228 g/mol. The number of carboxylic acid groups (broad SMARTS) is 1. The van der Waals surface area contributed by atoms with Gasteiger partial charge in [-0.25, -0.2) is 9.48 Å². The fourth-order valence-electron chi connectivity index (χ4n) is 1.44. The van der Waals surface area contributed by atoms with Crippen molar-refractivity contribution in [2.24, 2.45) is 5.73 Å². The molecule has 16 heavy (non-hydrogen) atoms. The summed E-state index contributed by atoms with van der Waals surface area (Å²) in [6.07, 6.45) is 1.83. The number of nitrogens with zero attached hydrogens (tertiary/aromatic N) is 3. The maximum absolute atomic E-state index is 10.8. The molecule has 0 aliphatic carbocycles. The Morgan fingerprint density at radius 2 is 2.19 bits per heavy atom. The van der Waals surface area contributed by atoms with Gasteiger partial charge in [0.1, 0.15) is 0 Å². The first-order valence-electron chi connectivity index (χ1n) is 5.17. The van der Waals surface area contributed by atoms with Gasteiger partial charge in [0.05, 0.1) is 5.69 Å². The van der Waals surface area contributed by atoms with Crippen LogP contribution in [0.15, 0.2) is 0 Å². The molecule has 0 atom stereocenters. The molecule has 0 saturated heterocycles. The van der Waals surface area contributed by atoms with E-state index < -0.39 is 5.97 Å². The second kappa shape index (κ2) is 6.19. The lowest BCUT2D eigenvalue weighted by atomic mass is 10.2. The van der Waals surface area contributed by atoms with Gasteiger partial charge >= 0.3 is 5.97 Å². The van der Waals surface area contributed by atoms with Crippen LogP contribution in [0, 0.1) is 0 Å². The molecule has 0 fully saturated rings. The van der Waals surface area contributed by atoms with E-state index in [1.54, 1.807) is 4.68 Å². The fraction of sp³-hybridized carbons (Fsp3) is 0.667. The minimum atomic E-state index is -1.09. The van der Waals surface area contributed by atoms with Crippen molar-refractivity contribution in [3.8, 4) is 0 Å². The molecular weight excluding hydrogens is 212 g/mol. The number of aryl methyl sites for hydroxylation is 1. The number of nitrogens with two attached hydrogens (primary N) is 1. The molecular formula is C9H16N4O3. The van der Waals surface area contributed by atoms with Crippen LogP contribution in [0.3, 0.4) is 0 Å². The normalized spacial score (nSPS) is 10.6. The van der Waals surface area contributed by atoms with Crippen molar-refractivity contribution in [3.63, 3.8) is 0 Å². The molecule has 0 spiro atoms. The first-order chi connectivity index (χ1) is 7.70. The molecule has 0 radical (unpaired) electrons. The SMILES string of the molecule is NCCc1c(C(=O)O)nnn1CCCCO. The van der Waals surface area contributed by atoms with Gasteiger partial charge in [0.15, 0.2) is 5.69 Å². The van der Waals surface area contributed by atoms with Crippen LogP contribution in [0.1, 0.15) is 29.0 Å². The number of hydrogen-bond acceptors (Lipinski definition) is 5. The molecule has 0 aliphatic heterocycles. The Hall–Kier alpha value is -1.47. The number of aromatic nitrogens is 3. The lowest BCUT2D eigenvalue weighted by Crippen LogP contribution is -2.13. The predicted octanol–water partition coefficient (Wildman–Crippen LogP) is -0.750. The number of hydrogen-bond donors (Lipinski definition) is 3. The average Bonchev–Trinajstić information content (AvgIpc) is 2.63. The lowest BCUT2D eigenvalue weighted by Gasteiger charge is -2.04. The van der Waals surface area contributed by atoms with Crippen molar-refractivity contribution in [2.45, 2.75) is 25.8 Å². The number of rotatable bonds is 7. The maximum Gasteiger partial charge on any atom is 0.358 e. The topological polar surface area (TPSA) is 114 Å². The molecule has 1 aromatic rings. The van der Waals surface area contributed by atoms with Gasteiger partial charge < -0.3 is 15.9 Å². The largest absolute Gasteiger partial charge is 0.476 e. The number of unbranched alkanes of at least 4 members (excludes halogenated alkanes) is 1. The third-order valence-electron chi connectivity index (χ3n) is 2.20. The van der Waals surface area contributed by atoms with Crippen LogP contribution in [-0.4, -0.2) is 44.3 Å². The van der Waals surface area contributed by atoms with E-state index in [1.807, 2.05) is 0 Å². The van der Waals surface area contributed by atoms with Gasteiger partial charge in [-0.3, -0.25) is 0 Å². The Balaban J connectivity index is 2.78. The van der Waals surface area contributed by atoms with Crippen molar-refractivity contribution in [1.29, 1.82) is 0 Å². The van der Waals surface area contributed by atoms with Gasteiger partial charge in [0.2, 0.25) is 0 Å². The van der Waals surface area contributed by atoms with E-state index in [4.69, 9.17) is 15.9 Å². The number of carboxylic acids is 1. The summed E-state index contributed by atoms with van der Waals surface area (Å²) in [5, 5.41) is 24.9. The van der Waals surface area contributed by atoms with Crippen LogP contribution in [0.2, 0.25) is 0 Å². The molecule has 4 N–H and O–H groups in total. The zero-order valence-electron chi connectivity index (χ0n) is 8.96. The van der Waals surface area contributed by atoms with Gasteiger partial charge in [-0.15, -0.1) is 5.10 Å². The van der Waals surface area contributed by atoms with E-state index >= 15 is 0 Å². The third kappa shape index (κ3) is 3.01. The summed E-state index contributed by atoms with van der Waals surface area (Å²) in [5.74, 6) is -1.09. The molecule has 1 rings (SSSR count). The number of aliphatic hydroxyl groups excluding tert-OH is 1. The van der Waals surface area contributed by atoms with Gasteiger partial charge in [-0.1, -0.05) is 5.21 Å². The molecule has 0 aromatic carbocycles. The fourth-order valence-corrected chi connectivity index (χ4v) is 1.44. The summed E-state index contributed by atoms with van der Waals surface area (Å²) in [4.78, 5) is 10.8. The Labute approximate surface area is 92.9 Å². The Bertz CT molecular complexity index is 351. The number of aromatic carboxylic acids is 1. The number of carbonyl (C=O) groups is 1.